The minimum Gasteiger partial charge on any atom is -0.457 e. The lowest BCUT2D eigenvalue weighted by Crippen LogP contribution is -2.49. The average molecular weight is 924 g/mol. The van der Waals surface area contributed by atoms with E-state index in [1.54, 1.807) is 92.0 Å². The highest BCUT2D eigenvalue weighted by atomic mass is 16.5. The summed E-state index contributed by atoms with van der Waals surface area (Å²) in [7, 11) is 0. The molecular weight excluding hydrogens is 843 g/mol. The van der Waals surface area contributed by atoms with E-state index < -0.39 is 51.3 Å². The number of pyridine rings is 3. The number of fused-ring (bicyclic) bond motifs is 3. The summed E-state index contributed by atoms with van der Waals surface area (Å²) in [4.78, 5) is 14.0. The summed E-state index contributed by atoms with van der Waals surface area (Å²) < 4.78 is 152. The number of hydrogen-bond acceptors (Lipinski definition) is 5. The first-order valence-corrected chi connectivity index (χ1v) is 23.2. The predicted molar refractivity (Wildman–Crippen MR) is 287 cm³/mol. The number of ether oxygens (including phenoxy) is 1. The Labute approximate surface area is 431 Å². The van der Waals surface area contributed by atoms with Crippen molar-refractivity contribution in [2.24, 2.45) is 16.2 Å². The van der Waals surface area contributed by atoms with Crippen molar-refractivity contribution in [3.05, 3.63) is 172 Å². The molecular formula is C64H65N3O2. The summed E-state index contributed by atoms with van der Waals surface area (Å²) in [5, 5.41) is 1.10. The van der Waals surface area contributed by atoms with Gasteiger partial charge in [0.05, 0.1) is 11.4 Å². The van der Waals surface area contributed by atoms with Crippen LogP contribution in [0.1, 0.15) is 127 Å². The van der Waals surface area contributed by atoms with Gasteiger partial charge in [-0.15, -0.1) is 0 Å². The van der Waals surface area contributed by atoms with Crippen molar-refractivity contribution < 1.29 is 31.1 Å². The molecule has 0 radical (unpaired) electrons. The number of rotatable bonds is 8. The first-order chi connectivity index (χ1) is 39.2. The highest BCUT2D eigenvalue weighted by Crippen LogP contribution is 2.63. The van der Waals surface area contributed by atoms with Crippen LogP contribution in [0.15, 0.2) is 132 Å². The SMILES string of the molecule is [2H]C([2H])([2H])c1cc(C2([2H])CC(C)(C)C(C)(C)C(C)(C)C2)ccc1-c1ccc(-c2cc(-c3cc(Oc4cc(-c5cc(C([2H])([2H])[2H])c(C([2H])([2H])[2H])cn5)cc(-c5ccccc5)c4C([2H])([2H])[2H])cc4c3oc3nc(C)ccc34)ncc2C)c(C([2H])([2H])[2H])c1. The fourth-order valence-corrected chi connectivity index (χ4v) is 10.1. The topological polar surface area (TPSA) is 61.0 Å². The van der Waals surface area contributed by atoms with E-state index in [0.29, 0.717) is 85.1 Å². The van der Waals surface area contributed by atoms with E-state index in [1.807, 2.05) is 25.1 Å². The maximum absolute atomic E-state index is 9.93. The van der Waals surface area contributed by atoms with Crippen LogP contribution in [0.5, 0.6) is 11.5 Å². The maximum Gasteiger partial charge on any atom is 0.227 e. The quantitative estimate of drug-likeness (QED) is 0.152. The third-order valence-corrected chi connectivity index (χ3v) is 15.3. The zero-order valence-corrected chi connectivity index (χ0v) is 40.2. The highest BCUT2D eigenvalue weighted by Gasteiger charge is 2.53. The Morgan fingerprint density at radius 1 is 0.565 bits per heavy atom. The van der Waals surface area contributed by atoms with Gasteiger partial charge in [0.2, 0.25) is 5.71 Å². The lowest BCUT2D eigenvalue weighted by Gasteiger charge is -2.59. The second kappa shape index (κ2) is 17.0. The summed E-state index contributed by atoms with van der Waals surface area (Å²) in [5.74, 6) is -1.13. The molecule has 0 unspecified atom stereocenters. The van der Waals surface area contributed by atoms with Crippen LogP contribution < -0.4 is 4.74 Å². The van der Waals surface area contributed by atoms with Crippen LogP contribution in [0.3, 0.4) is 0 Å². The van der Waals surface area contributed by atoms with Gasteiger partial charge in [-0.3, -0.25) is 9.97 Å². The van der Waals surface area contributed by atoms with Crippen molar-refractivity contribution in [3.63, 3.8) is 0 Å². The minimum absolute atomic E-state index is 0.0169. The summed E-state index contributed by atoms with van der Waals surface area (Å²) in [6.07, 6.45) is 3.63. The largest absolute Gasteiger partial charge is 0.457 e. The molecule has 1 fully saturated rings. The van der Waals surface area contributed by atoms with Gasteiger partial charge in [0, 0.05) is 61.9 Å². The molecule has 5 nitrogen and oxygen atoms in total. The van der Waals surface area contributed by atoms with E-state index in [1.165, 1.54) is 18.2 Å². The van der Waals surface area contributed by atoms with E-state index in [4.69, 9.17) is 34.7 Å². The Morgan fingerprint density at radius 2 is 1.29 bits per heavy atom. The molecule has 0 amide bonds. The molecule has 1 aliphatic rings. The molecule has 4 aromatic heterocycles. The molecule has 10 rings (SSSR count). The van der Waals surface area contributed by atoms with Crippen LogP contribution in [0, 0.1) is 64.4 Å². The van der Waals surface area contributed by atoms with Crippen molar-refractivity contribution in [1.82, 2.24) is 15.0 Å². The molecule has 0 spiro atoms. The van der Waals surface area contributed by atoms with E-state index in [0.717, 1.165) is 6.20 Å². The third-order valence-electron chi connectivity index (χ3n) is 15.3. The summed E-state index contributed by atoms with van der Waals surface area (Å²) in [5.41, 5.74) is 3.87. The van der Waals surface area contributed by atoms with E-state index in [9.17, 15) is 1.37 Å². The normalized spacial score (nSPS) is 20.3. The van der Waals surface area contributed by atoms with Crippen LogP contribution >= 0.6 is 0 Å². The Kier molecular flexibility index (Phi) is 7.53. The van der Waals surface area contributed by atoms with Crippen LogP contribution in [-0.4, -0.2) is 15.0 Å². The number of aryl methyl sites for hydroxylation is 6. The standard InChI is InChI=1S/C64H65N3O2/c1-37-27-57(65-35-40(37)4)47-28-54(44-17-15-14-16-18-44)43(7)59(29-47)68-49-30-55-52-22-19-42(6)67-61(52)69-60(55)56(31-49)58-32-53(41(5)36-66-58)51-24-21-46(26-39(51)3)50-23-20-45(25-38(50)2)48-33-62(8,9)64(12,13)63(10,11)34-48/h14-32,35-36,48H,33-34H2,1-13H3/i1D3,2D3,3D3,4D3,7D3,48D. The molecule has 5 heteroatoms. The summed E-state index contributed by atoms with van der Waals surface area (Å²) in [6, 6.07) is 31.6. The molecule has 0 aliphatic heterocycles. The average Bonchev–Trinajstić information content (AvgIpc) is 1.10. The van der Waals surface area contributed by atoms with Gasteiger partial charge in [-0.1, -0.05) is 108 Å². The summed E-state index contributed by atoms with van der Waals surface area (Å²) in [6.45, 7) is 2.95. The zero-order chi connectivity index (χ0) is 62.2. The van der Waals surface area contributed by atoms with Crippen molar-refractivity contribution in [2.75, 3.05) is 0 Å². The molecule has 1 saturated carbocycles. The first kappa shape index (κ1) is 30.6. The van der Waals surface area contributed by atoms with Gasteiger partial charge in [0.1, 0.15) is 17.1 Å². The first-order valence-electron chi connectivity index (χ1n) is 31.2. The summed E-state index contributed by atoms with van der Waals surface area (Å²) >= 11 is 0. The predicted octanol–water partition coefficient (Wildman–Crippen LogP) is 18.0. The van der Waals surface area contributed by atoms with Crippen molar-refractivity contribution in [3.8, 4) is 67.4 Å². The number of aromatic nitrogens is 3. The van der Waals surface area contributed by atoms with E-state index in [2.05, 4.69) is 51.5 Å². The van der Waals surface area contributed by atoms with Gasteiger partial charge in [0.15, 0.2) is 0 Å². The molecule has 1 aliphatic carbocycles. The highest BCUT2D eigenvalue weighted by molar-refractivity contribution is 6.09. The molecule has 9 aromatic rings. The van der Waals surface area contributed by atoms with Gasteiger partial charge < -0.3 is 9.15 Å². The van der Waals surface area contributed by atoms with Crippen LogP contribution in [-0.2, 0) is 0 Å². The maximum atomic E-state index is 9.93. The Balaban J connectivity index is 1.14. The smallest absolute Gasteiger partial charge is 0.227 e. The van der Waals surface area contributed by atoms with Gasteiger partial charge in [-0.2, -0.15) is 0 Å². The van der Waals surface area contributed by atoms with Gasteiger partial charge in [-0.05, 0) is 204 Å². The fourth-order valence-electron chi connectivity index (χ4n) is 10.1. The van der Waals surface area contributed by atoms with Gasteiger partial charge in [0.25, 0.3) is 0 Å². The lowest BCUT2D eigenvalue weighted by atomic mass is 9.46. The molecule has 5 aromatic carbocycles. The number of benzene rings is 5. The molecule has 0 N–H and O–H groups in total. The molecule has 69 heavy (non-hydrogen) atoms. The van der Waals surface area contributed by atoms with E-state index in [-0.39, 0.29) is 67.0 Å². The number of furan rings is 1. The van der Waals surface area contributed by atoms with Crippen LogP contribution in [0.2, 0.25) is 0 Å². The number of nitrogens with zero attached hydrogens (tertiary/aromatic N) is 3. The Morgan fingerprint density at radius 3 is 2.04 bits per heavy atom. The van der Waals surface area contributed by atoms with E-state index >= 15 is 0 Å². The van der Waals surface area contributed by atoms with Crippen molar-refractivity contribution in [1.29, 1.82) is 0 Å². The monoisotopic (exact) mass is 924 g/mol. The molecule has 0 saturated heterocycles. The van der Waals surface area contributed by atoms with Crippen molar-refractivity contribution in [2.45, 2.75) is 108 Å². The van der Waals surface area contributed by atoms with Gasteiger partial charge >= 0.3 is 0 Å². The third kappa shape index (κ3) is 8.14. The molecule has 4 heterocycles. The Hall–Kier alpha value is -6.85. The molecule has 0 atom stereocenters. The molecule has 0 bridgehead atoms. The van der Waals surface area contributed by atoms with Gasteiger partial charge in [-0.25, -0.2) is 4.98 Å². The van der Waals surface area contributed by atoms with Crippen molar-refractivity contribution >= 4 is 22.1 Å². The van der Waals surface area contributed by atoms with Crippen LogP contribution in [0.4, 0.5) is 0 Å². The zero-order valence-electron chi connectivity index (χ0n) is 56.2. The number of hydrogen-bond donors (Lipinski definition) is 0. The second-order valence-electron chi connectivity index (χ2n) is 20.5. The fraction of sp³-hybridized carbons (Fsp3) is 0.297. The lowest BCUT2D eigenvalue weighted by molar-refractivity contribution is -0.0744. The molecule has 348 valence electrons. The van der Waals surface area contributed by atoms with Crippen LogP contribution in [0.25, 0.3) is 78.0 Å². The Bertz CT molecular complexity index is 4090. The second-order valence-corrected chi connectivity index (χ2v) is 20.5. The minimum atomic E-state index is -2.86.